The molecule has 13 heteroatoms. The first-order chi connectivity index (χ1) is 16.4. The summed E-state index contributed by atoms with van der Waals surface area (Å²) in [5.41, 5.74) is -3.10. The molecule has 2 N–H and O–H groups in total. The molecule has 0 aliphatic heterocycles. The van der Waals surface area contributed by atoms with Crippen LogP contribution in [0, 0.1) is 30.2 Å². The van der Waals surface area contributed by atoms with Gasteiger partial charge in [-0.2, -0.15) is 13.2 Å². The number of aryl methyl sites for hydroxylation is 1. The van der Waals surface area contributed by atoms with E-state index < -0.39 is 51.8 Å². The van der Waals surface area contributed by atoms with Crippen molar-refractivity contribution in [3.05, 3.63) is 69.6 Å². The third-order valence-electron chi connectivity index (χ3n) is 4.64. The van der Waals surface area contributed by atoms with Crippen LogP contribution in [0.15, 0.2) is 30.3 Å². The van der Waals surface area contributed by atoms with Gasteiger partial charge < -0.3 is 15.4 Å². The number of hydrogen-bond donors (Lipinski definition) is 2. The van der Waals surface area contributed by atoms with E-state index in [4.69, 9.17) is 17.0 Å². The maximum absolute atomic E-state index is 14.2. The summed E-state index contributed by atoms with van der Waals surface area (Å²) < 4.78 is 99.8. The van der Waals surface area contributed by atoms with E-state index in [1.54, 1.807) is 44.2 Å². The number of carbonyl (C=O) groups excluding carboxylic acids is 1. The SMILES string of the molecule is CCOC(=O)c1c(NC(=S)Nc2c(F)c(F)c(C(F)(F)F)c(F)c2F)sc(C)c1-c1ccccc1. The summed E-state index contributed by atoms with van der Waals surface area (Å²) in [6, 6.07) is 8.70. The van der Waals surface area contributed by atoms with Crippen LogP contribution in [0.25, 0.3) is 11.1 Å². The Labute approximate surface area is 203 Å². The molecule has 1 heterocycles. The molecule has 0 radical (unpaired) electrons. The number of anilines is 2. The number of ether oxygens (including phenoxy) is 1. The third-order valence-corrected chi connectivity index (χ3v) is 5.86. The Kier molecular flexibility index (Phi) is 7.70. The van der Waals surface area contributed by atoms with Crippen molar-refractivity contribution in [2.24, 2.45) is 0 Å². The Hall–Kier alpha value is -3.19. The summed E-state index contributed by atoms with van der Waals surface area (Å²) >= 11 is 5.97. The Morgan fingerprint density at radius 3 is 2.09 bits per heavy atom. The Bertz CT molecular complexity index is 1260. The number of hydrogen-bond acceptors (Lipinski definition) is 4. The topological polar surface area (TPSA) is 50.4 Å². The summed E-state index contributed by atoms with van der Waals surface area (Å²) in [5, 5.41) is 3.77. The van der Waals surface area contributed by atoms with Gasteiger partial charge in [0, 0.05) is 10.4 Å². The average molecular weight is 536 g/mol. The number of thiophene rings is 1. The molecule has 0 saturated carbocycles. The van der Waals surface area contributed by atoms with Crippen LogP contribution in [0.5, 0.6) is 0 Å². The van der Waals surface area contributed by atoms with Crippen molar-refractivity contribution < 1.29 is 40.3 Å². The molecule has 2 aromatic carbocycles. The third kappa shape index (κ3) is 5.25. The van der Waals surface area contributed by atoms with Gasteiger partial charge in [0.1, 0.15) is 21.8 Å². The summed E-state index contributed by atoms with van der Waals surface area (Å²) in [5.74, 6) is -10.7. The molecule has 3 rings (SSSR count). The second kappa shape index (κ2) is 10.2. The highest BCUT2D eigenvalue weighted by atomic mass is 32.1. The van der Waals surface area contributed by atoms with Gasteiger partial charge in [0.05, 0.1) is 6.61 Å². The van der Waals surface area contributed by atoms with Crippen LogP contribution in [-0.4, -0.2) is 17.7 Å². The van der Waals surface area contributed by atoms with Gasteiger partial charge in [-0.25, -0.2) is 22.4 Å². The fourth-order valence-electron chi connectivity index (χ4n) is 3.22. The van der Waals surface area contributed by atoms with Crippen molar-refractivity contribution in [3.63, 3.8) is 0 Å². The number of thiocarbonyl (C=S) groups is 1. The Balaban J connectivity index is 2.01. The van der Waals surface area contributed by atoms with Crippen LogP contribution in [0.3, 0.4) is 0 Å². The van der Waals surface area contributed by atoms with E-state index in [-0.39, 0.29) is 17.2 Å². The van der Waals surface area contributed by atoms with Crippen LogP contribution < -0.4 is 10.6 Å². The molecule has 35 heavy (non-hydrogen) atoms. The standard InChI is InChI=1S/C22H15F7N2O2S2/c1-3-33-20(32)12-11(10-7-5-4-6-8-10)9(2)35-19(12)31-21(34)30-18-16(25)14(23)13(22(27,28)29)15(24)17(18)26/h4-8H,3H2,1-2H3,(H2,30,31,34). The number of nitrogens with one attached hydrogen (secondary N) is 2. The molecule has 0 bridgehead atoms. The second-order valence-electron chi connectivity index (χ2n) is 6.91. The zero-order valence-electron chi connectivity index (χ0n) is 17.9. The van der Waals surface area contributed by atoms with Crippen LogP contribution in [0.1, 0.15) is 27.7 Å². The van der Waals surface area contributed by atoms with Gasteiger partial charge in [0.25, 0.3) is 0 Å². The normalized spacial score (nSPS) is 11.3. The van der Waals surface area contributed by atoms with E-state index in [9.17, 15) is 35.5 Å². The van der Waals surface area contributed by atoms with E-state index in [0.717, 1.165) is 11.3 Å². The highest BCUT2D eigenvalue weighted by Gasteiger charge is 2.42. The highest BCUT2D eigenvalue weighted by molar-refractivity contribution is 7.80. The number of halogens is 7. The largest absolute Gasteiger partial charge is 0.462 e. The van der Waals surface area contributed by atoms with Gasteiger partial charge >= 0.3 is 12.1 Å². The predicted octanol–water partition coefficient (Wildman–Crippen LogP) is 7.28. The number of rotatable bonds is 5. The van der Waals surface area contributed by atoms with Crippen molar-refractivity contribution >= 4 is 45.3 Å². The lowest BCUT2D eigenvalue weighted by Crippen LogP contribution is -2.24. The zero-order chi connectivity index (χ0) is 26.1. The van der Waals surface area contributed by atoms with Crippen molar-refractivity contribution in [1.82, 2.24) is 0 Å². The Morgan fingerprint density at radius 1 is 1.00 bits per heavy atom. The van der Waals surface area contributed by atoms with E-state index in [2.05, 4.69) is 5.32 Å². The molecule has 3 aromatic rings. The summed E-state index contributed by atoms with van der Waals surface area (Å²) in [4.78, 5) is 13.3. The lowest BCUT2D eigenvalue weighted by molar-refractivity contribution is -0.143. The number of alkyl halides is 3. The van der Waals surface area contributed by atoms with E-state index in [1.807, 2.05) is 5.32 Å². The van der Waals surface area contributed by atoms with Gasteiger partial charge in [-0.05, 0) is 31.6 Å². The molecule has 0 aliphatic carbocycles. The Morgan fingerprint density at radius 2 is 1.57 bits per heavy atom. The molecule has 1 aromatic heterocycles. The lowest BCUT2D eigenvalue weighted by atomic mass is 10.0. The molecule has 0 atom stereocenters. The van der Waals surface area contributed by atoms with Crippen molar-refractivity contribution in [1.29, 1.82) is 0 Å². The molecule has 186 valence electrons. The second-order valence-corrected chi connectivity index (χ2v) is 8.54. The van der Waals surface area contributed by atoms with Gasteiger partial charge in [0.15, 0.2) is 28.4 Å². The van der Waals surface area contributed by atoms with Gasteiger partial charge in [0.2, 0.25) is 0 Å². The summed E-state index contributed by atoms with van der Waals surface area (Å²) in [7, 11) is 0. The fourth-order valence-corrected chi connectivity index (χ4v) is 4.56. The van der Waals surface area contributed by atoms with E-state index >= 15 is 0 Å². The lowest BCUT2D eigenvalue weighted by Gasteiger charge is -2.16. The van der Waals surface area contributed by atoms with E-state index in [0.29, 0.717) is 16.0 Å². The number of carbonyl (C=O) groups is 1. The molecule has 0 spiro atoms. The number of esters is 1. The fraction of sp³-hybridized carbons (Fsp3) is 0.182. The monoisotopic (exact) mass is 536 g/mol. The quantitative estimate of drug-likeness (QED) is 0.155. The maximum Gasteiger partial charge on any atom is 0.422 e. The van der Waals surface area contributed by atoms with Crippen LogP contribution in [0.4, 0.5) is 41.4 Å². The average Bonchev–Trinajstić information content (AvgIpc) is 3.10. The first-order valence-corrected chi connectivity index (χ1v) is 11.0. The molecular weight excluding hydrogens is 521 g/mol. The minimum Gasteiger partial charge on any atom is -0.462 e. The smallest absolute Gasteiger partial charge is 0.422 e. The predicted molar refractivity (Wildman–Crippen MR) is 122 cm³/mol. The van der Waals surface area contributed by atoms with Crippen molar-refractivity contribution in [2.75, 3.05) is 17.2 Å². The van der Waals surface area contributed by atoms with Gasteiger partial charge in [-0.1, -0.05) is 30.3 Å². The van der Waals surface area contributed by atoms with Crippen LogP contribution in [-0.2, 0) is 10.9 Å². The van der Waals surface area contributed by atoms with Crippen LogP contribution >= 0.6 is 23.6 Å². The summed E-state index contributed by atoms with van der Waals surface area (Å²) in [6.45, 7) is 3.31. The van der Waals surface area contributed by atoms with Crippen LogP contribution in [0.2, 0.25) is 0 Å². The molecule has 0 unspecified atom stereocenters. The van der Waals surface area contributed by atoms with Gasteiger partial charge in [-0.3, -0.25) is 0 Å². The van der Waals surface area contributed by atoms with Crippen molar-refractivity contribution in [2.45, 2.75) is 20.0 Å². The molecule has 0 fully saturated rings. The molecule has 0 aliphatic rings. The van der Waals surface area contributed by atoms with Crippen molar-refractivity contribution in [3.8, 4) is 11.1 Å². The van der Waals surface area contributed by atoms with E-state index in [1.165, 1.54) is 0 Å². The molecular formula is C22H15F7N2O2S2. The molecule has 4 nitrogen and oxygen atoms in total. The molecule has 0 saturated heterocycles. The number of benzene rings is 2. The first kappa shape index (κ1) is 26.4. The zero-order valence-corrected chi connectivity index (χ0v) is 19.5. The first-order valence-electron chi connectivity index (χ1n) is 9.75. The summed E-state index contributed by atoms with van der Waals surface area (Å²) in [6.07, 6.45) is -5.68. The maximum atomic E-state index is 14.2. The minimum atomic E-state index is -5.68. The van der Waals surface area contributed by atoms with Gasteiger partial charge in [-0.15, -0.1) is 11.3 Å². The minimum absolute atomic E-state index is 0.0324. The molecule has 0 amide bonds. The highest BCUT2D eigenvalue weighted by Crippen LogP contribution is 2.41.